The smallest absolute Gasteiger partial charge is 0.303 e. The number of carbonyl (C=O) groups excluding carboxylic acids is 3. The molecular weight excluding hydrogens is 364 g/mol. The standard InChI is InChI=1S/C20H22N2O6/c23-15(21-12-3-1-2-11(10-12)4-7-16(24)25)8-9-22-19(26)17-13-5-6-14(28-13)18(17)20(22)27/h1-3,10,13-14,17-18H,4-9H2,(H,21,23)(H,24,25). The van der Waals surface area contributed by atoms with E-state index in [9.17, 15) is 19.2 Å². The highest BCUT2D eigenvalue weighted by atomic mass is 16.5. The third-order valence-corrected chi connectivity index (χ3v) is 5.78. The first kappa shape index (κ1) is 18.6. The molecule has 3 heterocycles. The van der Waals surface area contributed by atoms with Crippen molar-refractivity contribution in [2.45, 2.75) is 44.3 Å². The zero-order valence-corrected chi connectivity index (χ0v) is 15.3. The third kappa shape index (κ3) is 3.40. The number of benzene rings is 1. The number of ether oxygens (including phenoxy) is 1. The van der Waals surface area contributed by atoms with Gasteiger partial charge in [0.25, 0.3) is 0 Å². The molecule has 1 aromatic carbocycles. The lowest BCUT2D eigenvalue weighted by Crippen LogP contribution is -2.36. The molecule has 4 rings (SSSR count). The van der Waals surface area contributed by atoms with Gasteiger partial charge in [0.1, 0.15) is 0 Å². The number of hydrogen-bond acceptors (Lipinski definition) is 5. The fraction of sp³-hybridized carbons (Fsp3) is 0.500. The van der Waals surface area contributed by atoms with Crippen LogP contribution in [-0.2, 0) is 30.3 Å². The van der Waals surface area contributed by atoms with Crippen LogP contribution in [0.5, 0.6) is 0 Å². The van der Waals surface area contributed by atoms with E-state index >= 15 is 0 Å². The van der Waals surface area contributed by atoms with Crippen LogP contribution in [0.15, 0.2) is 24.3 Å². The average Bonchev–Trinajstić information content (AvgIpc) is 3.33. The summed E-state index contributed by atoms with van der Waals surface area (Å²) in [6.45, 7) is 0.0641. The van der Waals surface area contributed by atoms with E-state index in [-0.39, 0.29) is 61.2 Å². The molecule has 28 heavy (non-hydrogen) atoms. The van der Waals surface area contributed by atoms with Crippen LogP contribution in [0.2, 0.25) is 0 Å². The van der Waals surface area contributed by atoms with Gasteiger partial charge in [-0.15, -0.1) is 0 Å². The van der Waals surface area contributed by atoms with Crippen LogP contribution in [0.25, 0.3) is 0 Å². The molecule has 3 amide bonds. The number of imide groups is 1. The quantitative estimate of drug-likeness (QED) is 0.681. The van der Waals surface area contributed by atoms with E-state index in [1.54, 1.807) is 24.3 Å². The lowest BCUT2D eigenvalue weighted by Gasteiger charge is -2.17. The molecule has 4 atom stereocenters. The van der Waals surface area contributed by atoms with Crippen molar-refractivity contribution >= 4 is 29.4 Å². The second-order valence-electron chi connectivity index (χ2n) is 7.56. The van der Waals surface area contributed by atoms with Gasteiger partial charge in [-0.25, -0.2) is 0 Å². The Kier molecular flexibility index (Phi) is 4.89. The fourth-order valence-corrected chi connectivity index (χ4v) is 4.49. The summed E-state index contributed by atoms with van der Waals surface area (Å²) in [6, 6.07) is 6.99. The predicted molar refractivity (Wildman–Crippen MR) is 97.2 cm³/mol. The minimum absolute atomic E-state index is 0.0185. The molecule has 3 aliphatic rings. The van der Waals surface area contributed by atoms with Gasteiger partial charge in [-0.05, 0) is 37.0 Å². The Balaban J connectivity index is 1.32. The van der Waals surface area contributed by atoms with Crippen LogP contribution < -0.4 is 5.32 Å². The molecule has 148 valence electrons. The Morgan fingerprint density at radius 1 is 1.11 bits per heavy atom. The molecule has 0 saturated carbocycles. The molecule has 0 spiro atoms. The topological polar surface area (TPSA) is 113 Å². The minimum atomic E-state index is -0.877. The number of carboxylic acid groups (broad SMARTS) is 1. The van der Waals surface area contributed by atoms with Crippen molar-refractivity contribution in [3.8, 4) is 0 Å². The van der Waals surface area contributed by atoms with Crippen LogP contribution in [-0.4, -0.2) is 52.4 Å². The monoisotopic (exact) mass is 386 g/mol. The van der Waals surface area contributed by atoms with Gasteiger partial charge in [0.2, 0.25) is 17.7 Å². The Morgan fingerprint density at radius 2 is 1.79 bits per heavy atom. The number of carboxylic acids is 1. The van der Waals surface area contributed by atoms with Crippen LogP contribution in [0, 0.1) is 11.8 Å². The lowest BCUT2D eigenvalue weighted by molar-refractivity contribution is -0.143. The molecule has 1 aromatic rings. The van der Waals surface area contributed by atoms with Gasteiger partial charge in [-0.3, -0.25) is 24.1 Å². The van der Waals surface area contributed by atoms with Gasteiger partial charge < -0.3 is 15.2 Å². The van der Waals surface area contributed by atoms with Crippen LogP contribution in [0.3, 0.4) is 0 Å². The maximum absolute atomic E-state index is 12.6. The maximum Gasteiger partial charge on any atom is 0.303 e. The maximum atomic E-state index is 12.6. The summed E-state index contributed by atoms with van der Waals surface area (Å²) < 4.78 is 5.69. The van der Waals surface area contributed by atoms with Crippen LogP contribution >= 0.6 is 0 Å². The minimum Gasteiger partial charge on any atom is -0.481 e. The molecular formula is C20H22N2O6. The second kappa shape index (κ2) is 7.35. The Morgan fingerprint density at radius 3 is 2.43 bits per heavy atom. The van der Waals surface area contributed by atoms with E-state index in [4.69, 9.17) is 9.84 Å². The molecule has 3 saturated heterocycles. The van der Waals surface area contributed by atoms with E-state index in [0.717, 1.165) is 18.4 Å². The molecule has 3 aliphatic heterocycles. The Labute approximate surface area is 161 Å². The molecule has 0 aromatic heterocycles. The number of nitrogens with one attached hydrogen (secondary N) is 1. The van der Waals surface area contributed by atoms with Crippen LogP contribution in [0.4, 0.5) is 5.69 Å². The number of likely N-dealkylation sites (tertiary alicyclic amines) is 1. The van der Waals surface area contributed by atoms with Gasteiger partial charge in [-0.2, -0.15) is 0 Å². The molecule has 0 aliphatic carbocycles. The summed E-state index contributed by atoms with van der Waals surface area (Å²) >= 11 is 0. The number of anilines is 1. The van der Waals surface area contributed by atoms with E-state index in [1.807, 2.05) is 0 Å². The van der Waals surface area contributed by atoms with E-state index < -0.39 is 5.97 Å². The van der Waals surface area contributed by atoms with Crippen molar-refractivity contribution in [1.29, 1.82) is 0 Å². The van der Waals surface area contributed by atoms with Crippen LogP contribution in [0.1, 0.15) is 31.2 Å². The fourth-order valence-electron chi connectivity index (χ4n) is 4.49. The van der Waals surface area contributed by atoms with Crippen molar-refractivity contribution in [1.82, 2.24) is 4.90 Å². The number of aryl methyl sites for hydroxylation is 1. The van der Waals surface area contributed by atoms with Gasteiger partial charge in [0.15, 0.2) is 0 Å². The summed E-state index contributed by atoms with van der Waals surface area (Å²) in [5.74, 6) is -2.36. The zero-order chi connectivity index (χ0) is 19.8. The zero-order valence-electron chi connectivity index (χ0n) is 15.3. The number of fused-ring (bicyclic) bond motifs is 5. The molecule has 3 fully saturated rings. The Bertz CT molecular complexity index is 810. The molecule has 8 nitrogen and oxygen atoms in total. The van der Waals surface area contributed by atoms with E-state index in [0.29, 0.717) is 12.1 Å². The molecule has 2 N–H and O–H groups in total. The molecule has 2 bridgehead atoms. The van der Waals surface area contributed by atoms with E-state index in [2.05, 4.69) is 5.32 Å². The number of carbonyl (C=O) groups is 4. The molecule has 4 unspecified atom stereocenters. The average molecular weight is 386 g/mol. The summed E-state index contributed by atoms with van der Waals surface area (Å²) in [7, 11) is 0. The number of nitrogens with zero attached hydrogens (tertiary/aromatic N) is 1. The van der Waals surface area contributed by atoms with Crippen molar-refractivity contribution < 1.29 is 29.0 Å². The second-order valence-corrected chi connectivity index (χ2v) is 7.56. The number of rotatable bonds is 7. The SMILES string of the molecule is O=C(O)CCc1cccc(NC(=O)CCN2C(=O)C3C4CCC(O4)C3C2=O)c1. The van der Waals surface area contributed by atoms with Gasteiger partial charge in [0.05, 0.1) is 24.0 Å². The first-order chi connectivity index (χ1) is 13.4. The number of amides is 3. The normalized spacial score (nSPS) is 27.9. The summed E-state index contributed by atoms with van der Waals surface area (Å²) in [5.41, 5.74) is 1.38. The van der Waals surface area contributed by atoms with Gasteiger partial charge in [0, 0.05) is 25.1 Å². The predicted octanol–water partition coefficient (Wildman–Crippen LogP) is 1.19. The molecule has 8 heteroatoms. The van der Waals surface area contributed by atoms with Gasteiger partial charge >= 0.3 is 5.97 Å². The van der Waals surface area contributed by atoms with E-state index in [1.165, 1.54) is 4.90 Å². The number of hydrogen-bond donors (Lipinski definition) is 2. The van der Waals surface area contributed by atoms with Crippen molar-refractivity contribution in [3.05, 3.63) is 29.8 Å². The number of aliphatic carboxylic acids is 1. The van der Waals surface area contributed by atoms with Crippen molar-refractivity contribution in [2.24, 2.45) is 11.8 Å². The first-order valence-corrected chi connectivity index (χ1v) is 9.55. The highest BCUT2D eigenvalue weighted by Crippen LogP contribution is 2.48. The third-order valence-electron chi connectivity index (χ3n) is 5.78. The largest absolute Gasteiger partial charge is 0.481 e. The highest BCUT2D eigenvalue weighted by molar-refractivity contribution is 6.06. The lowest BCUT2D eigenvalue weighted by atomic mass is 9.81. The summed E-state index contributed by atoms with van der Waals surface area (Å²) in [5, 5.41) is 11.5. The van der Waals surface area contributed by atoms with Crippen molar-refractivity contribution in [2.75, 3.05) is 11.9 Å². The summed E-state index contributed by atoms with van der Waals surface area (Å²) in [4.78, 5) is 49.3. The Hall–Kier alpha value is -2.74. The van der Waals surface area contributed by atoms with Crippen molar-refractivity contribution in [3.63, 3.8) is 0 Å². The highest BCUT2D eigenvalue weighted by Gasteiger charge is 2.62. The van der Waals surface area contributed by atoms with Gasteiger partial charge in [-0.1, -0.05) is 12.1 Å². The molecule has 0 radical (unpaired) electrons. The first-order valence-electron chi connectivity index (χ1n) is 9.55. The summed E-state index contributed by atoms with van der Waals surface area (Å²) in [6.07, 6.45) is 1.74.